The summed E-state index contributed by atoms with van der Waals surface area (Å²) in [4.78, 5) is 5.41. The van der Waals surface area contributed by atoms with Crippen molar-refractivity contribution in [1.29, 1.82) is 0 Å². The van der Waals surface area contributed by atoms with Gasteiger partial charge in [0.05, 0.1) is 11.0 Å². The van der Waals surface area contributed by atoms with E-state index in [1.807, 2.05) is 6.07 Å². The summed E-state index contributed by atoms with van der Waals surface area (Å²) in [6.45, 7) is 2.69. The number of aliphatic imine (C=N–C) groups is 1. The van der Waals surface area contributed by atoms with Crippen LogP contribution in [0.25, 0.3) is 88.0 Å². The molecule has 0 saturated heterocycles. The smallest absolute Gasteiger partial charge is 0.0541 e. The van der Waals surface area contributed by atoms with Gasteiger partial charge in [0.15, 0.2) is 0 Å². The number of fused-ring (bicyclic) bond motifs is 6. The van der Waals surface area contributed by atoms with Crippen LogP contribution in [0, 0.1) is 0 Å². The molecule has 0 bridgehead atoms. The molecular formula is C58H43N4-. The molecule has 0 aliphatic carbocycles. The summed E-state index contributed by atoms with van der Waals surface area (Å²) in [6.07, 6.45) is -0.225. The van der Waals surface area contributed by atoms with Crippen molar-refractivity contribution in [3.8, 4) is 39.1 Å². The monoisotopic (exact) mass is 795 g/mol. The van der Waals surface area contributed by atoms with Crippen LogP contribution in [-0.2, 0) is 6.54 Å². The number of aromatic nitrogens is 2. The Morgan fingerprint density at radius 3 is 1.60 bits per heavy atom. The molecule has 0 fully saturated rings. The molecule has 0 radical (unpaired) electrons. The van der Waals surface area contributed by atoms with Gasteiger partial charge in [0.25, 0.3) is 0 Å². The van der Waals surface area contributed by atoms with Gasteiger partial charge in [-0.1, -0.05) is 182 Å². The Labute approximate surface area is 361 Å². The van der Waals surface area contributed by atoms with Gasteiger partial charge in [0, 0.05) is 44.4 Å². The van der Waals surface area contributed by atoms with E-state index in [9.17, 15) is 0 Å². The quantitative estimate of drug-likeness (QED) is 0.103. The first-order valence-corrected chi connectivity index (χ1v) is 21.3. The van der Waals surface area contributed by atoms with Gasteiger partial charge < -0.3 is 19.4 Å². The molecule has 62 heavy (non-hydrogen) atoms. The second kappa shape index (κ2) is 15.9. The zero-order chi connectivity index (χ0) is 41.4. The summed E-state index contributed by atoms with van der Waals surface area (Å²) in [5, 5.41) is 10.1. The van der Waals surface area contributed by atoms with Crippen molar-refractivity contribution in [2.75, 3.05) is 0 Å². The third kappa shape index (κ3) is 6.82. The van der Waals surface area contributed by atoms with Gasteiger partial charge in [-0.2, -0.15) is 0 Å². The van der Waals surface area contributed by atoms with E-state index < -0.39 is 0 Å². The van der Waals surface area contributed by atoms with E-state index in [1.54, 1.807) is 0 Å². The van der Waals surface area contributed by atoms with Crippen molar-refractivity contribution in [2.45, 2.75) is 19.6 Å². The molecule has 0 N–H and O–H groups in total. The standard InChI is InChI=1S/C58H43N4/c1-40(60-58(45-19-7-3-8-20-45)59-39-41-16-15-21-46(36-41)44-30-28-43(29-31-44)42-17-5-2-6-18-42)61-54-26-13-11-24-50(54)52-37-47(32-34-56(52)61)48-33-35-57-53(38-48)51-25-12-14-27-55(51)62(57)49-22-9-4-10-23-49/h2-38,40H,39H2,1H3/q-1. The van der Waals surface area contributed by atoms with Gasteiger partial charge >= 0.3 is 0 Å². The molecule has 4 nitrogen and oxygen atoms in total. The molecule has 2 heterocycles. The third-order valence-electron chi connectivity index (χ3n) is 12.1. The fourth-order valence-electron chi connectivity index (χ4n) is 9.12. The second-order valence-electron chi connectivity index (χ2n) is 15.9. The van der Waals surface area contributed by atoms with Crippen LogP contribution in [0.15, 0.2) is 229 Å². The topological polar surface area (TPSA) is 36.3 Å². The highest BCUT2D eigenvalue weighted by atomic mass is 15.2. The molecule has 2 aromatic heterocycles. The molecule has 1 atom stereocenters. The molecule has 11 rings (SSSR count). The van der Waals surface area contributed by atoms with Gasteiger partial charge in [0.1, 0.15) is 0 Å². The van der Waals surface area contributed by atoms with E-state index in [0.717, 1.165) is 33.7 Å². The maximum absolute atomic E-state index is 5.41. The Hall–Kier alpha value is -7.95. The van der Waals surface area contributed by atoms with Gasteiger partial charge in [-0.25, -0.2) is 0 Å². The molecule has 296 valence electrons. The molecule has 0 aliphatic heterocycles. The predicted molar refractivity (Wildman–Crippen MR) is 261 cm³/mol. The second-order valence-corrected chi connectivity index (χ2v) is 15.9. The van der Waals surface area contributed by atoms with E-state index in [4.69, 9.17) is 10.3 Å². The molecule has 0 aliphatic rings. The highest BCUT2D eigenvalue weighted by Crippen LogP contribution is 2.39. The van der Waals surface area contributed by atoms with Crippen LogP contribution in [0.2, 0.25) is 0 Å². The summed E-state index contributed by atoms with van der Waals surface area (Å²) in [5.41, 5.74) is 15.2. The Morgan fingerprint density at radius 1 is 0.419 bits per heavy atom. The maximum atomic E-state index is 5.41. The molecule has 0 spiro atoms. The average Bonchev–Trinajstić information content (AvgIpc) is 3.86. The lowest BCUT2D eigenvalue weighted by Gasteiger charge is -2.26. The molecule has 0 amide bonds. The summed E-state index contributed by atoms with van der Waals surface area (Å²) in [7, 11) is 0. The van der Waals surface area contributed by atoms with Crippen LogP contribution in [0.3, 0.4) is 0 Å². The summed E-state index contributed by atoms with van der Waals surface area (Å²) < 4.78 is 4.73. The van der Waals surface area contributed by atoms with E-state index in [0.29, 0.717) is 6.54 Å². The van der Waals surface area contributed by atoms with E-state index >= 15 is 0 Å². The van der Waals surface area contributed by atoms with Crippen LogP contribution in [0.5, 0.6) is 0 Å². The van der Waals surface area contributed by atoms with Crippen molar-refractivity contribution in [2.24, 2.45) is 4.99 Å². The summed E-state index contributed by atoms with van der Waals surface area (Å²) in [5.74, 6) is 0.737. The first-order valence-electron chi connectivity index (χ1n) is 21.3. The minimum absolute atomic E-state index is 0.225. The Balaban J connectivity index is 0.927. The minimum atomic E-state index is -0.225. The van der Waals surface area contributed by atoms with Crippen LogP contribution >= 0.6 is 0 Å². The fraction of sp³-hybridized carbons (Fsp3) is 0.0517. The maximum Gasteiger partial charge on any atom is 0.0541 e. The van der Waals surface area contributed by atoms with Crippen LogP contribution in [0.4, 0.5) is 0 Å². The first-order chi connectivity index (χ1) is 30.7. The lowest BCUT2D eigenvalue weighted by Crippen LogP contribution is -2.08. The Kier molecular flexibility index (Phi) is 9.51. The van der Waals surface area contributed by atoms with Crippen LogP contribution in [-0.4, -0.2) is 15.0 Å². The number of hydrogen-bond acceptors (Lipinski definition) is 1. The van der Waals surface area contributed by atoms with Crippen molar-refractivity contribution >= 4 is 49.4 Å². The molecule has 4 heteroatoms. The predicted octanol–water partition coefficient (Wildman–Crippen LogP) is 15.4. The van der Waals surface area contributed by atoms with Crippen LogP contribution < -0.4 is 0 Å². The zero-order valence-electron chi connectivity index (χ0n) is 34.4. The molecular weight excluding hydrogens is 753 g/mol. The zero-order valence-corrected chi connectivity index (χ0v) is 34.4. The fourth-order valence-corrected chi connectivity index (χ4v) is 9.12. The van der Waals surface area contributed by atoms with Crippen molar-refractivity contribution < 1.29 is 0 Å². The number of hydrogen-bond donors (Lipinski definition) is 0. The molecule has 1 unspecified atom stereocenters. The SMILES string of the molecule is CC(/N=C(\[N-]Cc1cccc(-c2ccc(-c3ccccc3)cc2)c1)c1ccccc1)n1c2ccccc2c2cc(-c3ccc4c(c3)c3ccccc3n4-c3ccccc3)ccc21. The third-order valence-corrected chi connectivity index (χ3v) is 12.1. The van der Waals surface area contributed by atoms with E-state index in [1.165, 1.54) is 66.0 Å². The van der Waals surface area contributed by atoms with E-state index in [-0.39, 0.29) is 6.17 Å². The van der Waals surface area contributed by atoms with Crippen molar-refractivity contribution in [3.05, 3.63) is 241 Å². The lowest BCUT2D eigenvalue weighted by atomic mass is 9.99. The van der Waals surface area contributed by atoms with Crippen molar-refractivity contribution in [3.63, 3.8) is 0 Å². The van der Waals surface area contributed by atoms with Gasteiger partial charge in [-0.3, -0.25) is 0 Å². The lowest BCUT2D eigenvalue weighted by molar-refractivity contribution is 0.613. The highest BCUT2D eigenvalue weighted by Gasteiger charge is 2.16. The number of rotatable bonds is 9. The molecule has 11 aromatic rings. The van der Waals surface area contributed by atoms with Crippen molar-refractivity contribution in [1.82, 2.24) is 9.13 Å². The molecule has 9 aromatic carbocycles. The largest absolute Gasteiger partial charge is 0.461 e. The number of para-hydroxylation sites is 3. The number of benzene rings is 9. The Morgan fingerprint density at radius 2 is 0.887 bits per heavy atom. The first kappa shape index (κ1) is 37.1. The highest BCUT2D eigenvalue weighted by molar-refractivity contribution is 6.12. The number of nitrogens with zero attached hydrogens (tertiary/aromatic N) is 4. The Bertz CT molecular complexity index is 3400. The van der Waals surface area contributed by atoms with Crippen LogP contribution in [0.1, 0.15) is 24.2 Å². The van der Waals surface area contributed by atoms with Gasteiger partial charge in [-0.05, 0) is 107 Å². The summed E-state index contributed by atoms with van der Waals surface area (Å²) in [6, 6.07) is 80.2. The van der Waals surface area contributed by atoms with Gasteiger partial charge in [-0.15, -0.1) is 0 Å². The normalized spacial score (nSPS) is 12.4. The average molecular weight is 796 g/mol. The van der Waals surface area contributed by atoms with E-state index in [2.05, 4.69) is 234 Å². The minimum Gasteiger partial charge on any atom is -0.461 e. The number of amidine groups is 1. The molecule has 0 saturated carbocycles. The van der Waals surface area contributed by atoms with Gasteiger partial charge in [0.2, 0.25) is 0 Å². The summed E-state index contributed by atoms with van der Waals surface area (Å²) >= 11 is 0.